The second-order valence-corrected chi connectivity index (χ2v) is 5.77. The molecule has 1 aliphatic heterocycles. The van der Waals surface area contributed by atoms with Crippen LogP contribution >= 0.6 is 0 Å². The number of nitrogens with one attached hydrogen (secondary N) is 1. The summed E-state index contributed by atoms with van der Waals surface area (Å²) in [6.45, 7) is 6.01. The first kappa shape index (κ1) is 16.9. The van der Waals surface area contributed by atoms with Crippen LogP contribution in [0.15, 0.2) is 30.7 Å². The van der Waals surface area contributed by atoms with Crippen LogP contribution in [0.3, 0.4) is 0 Å². The van der Waals surface area contributed by atoms with Crippen molar-refractivity contribution in [1.29, 1.82) is 0 Å². The third-order valence-corrected chi connectivity index (χ3v) is 4.26. The summed E-state index contributed by atoms with van der Waals surface area (Å²) in [5.41, 5.74) is 4.29. The number of carbonyl (C=O) groups excluding carboxylic acids is 1. The highest BCUT2D eigenvalue weighted by molar-refractivity contribution is 5.88. The van der Waals surface area contributed by atoms with Gasteiger partial charge in [-0.3, -0.25) is 4.90 Å². The monoisotopic (exact) mass is 338 g/mol. The van der Waals surface area contributed by atoms with Gasteiger partial charge in [-0.1, -0.05) is 12.0 Å². The Balaban J connectivity index is 1.78. The average Bonchev–Trinajstić information content (AvgIpc) is 3.26. The van der Waals surface area contributed by atoms with E-state index in [9.17, 15) is 4.79 Å². The smallest absolute Gasteiger partial charge is 0.415 e. The van der Waals surface area contributed by atoms with Crippen molar-refractivity contribution in [3.63, 3.8) is 0 Å². The molecule has 0 saturated heterocycles. The van der Waals surface area contributed by atoms with E-state index in [2.05, 4.69) is 38.8 Å². The molecular formula is C19H22N4O2. The van der Waals surface area contributed by atoms with E-state index in [4.69, 9.17) is 4.74 Å². The van der Waals surface area contributed by atoms with E-state index >= 15 is 0 Å². The van der Waals surface area contributed by atoms with Crippen LogP contribution in [-0.4, -0.2) is 35.8 Å². The van der Waals surface area contributed by atoms with Crippen LogP contribution in [0, 0.1) is 11.8 Å². The Kier molecular flexibility index (Phi) is 5.24. The zero-order chi connectivity index (χ0) is 17.6. The highest BCUT2D eigenvalue weighted by atomic mass is 16.6. The number of ether oxygens (including phenoxy) is 1. The Morgan fingerprint density at radius 3 is 3.08 bits per heavy atom. The SMILES string of the molecule is CC#CCOC(=O)N(CC)c1ccc2c(c1)N(Cc1c[nH]cn1)CC2. The molecule has 25 heavy (non-hydrogen) atoms. The Bertz CT molecular complexity index is 789. The summed E-state index contributed by atoms with van der Waals surface area (Å²) in [5, 5.41) is 0. The number of hydrogen-bond donors (Lipinski definition) is 1. The fourth-order valence-corrected chi connectivity index (χ4v) is 3.00. The van der Waals surface area contributed by atoms with Crippen LogP contribution in [0.5, 0.6) is 0 Å². The number of aromatic nitrogens is 2. The van der Waals surface area contributed by atoms with Gasteiger partial charge >= 0.3 is 6.09 Å². The molecule has 1 aromatic heterocycles. The van der Waals surface area contributed by atoms with Crippen LogP contribution in [0.4, 0.5) is 16.2 Å². The van der Waals surface area contributed by atoms with Crippen LogP contribution in [-0.2, 0) is 17.7 Å². The summed E-state index contributed by atoms with van der Waals surface area (Å²) >= 11 is 0. The van der Waals surface area contributed by atoms with E-state index < -0.39 is 0 Å². The molecule has 6 heteroatoms. The van der Waals surface area contributed by atoms with Gasteiger partial charge in [-0.2, -0.15) is 0 Å². The zero-order valence-electron chi connectivity index (χ0n) is 14.6. The molecule has 0 unspecified atom stereocenters. The number of rotatable bonds is 5. The molecule has 0 fully saturated rings. The van der Waals surface area contributed by atoms with E-state index in [1.165, 1.54) is 5.56 Å². The predicted molar refractivity (Wildman–Crippen MR) is 97.6 cm³/mol. The average molecular weight is 338 g/mol. The Labute approximate surface area is 147 Å². The molecule has 130 valence electrons. The van der Waals surface area contributed by atoms with Crippen molar-refractivity contribution in [1.82, 2.24) is 9.97 Å². The highest BCUT2D eigenvalue weighted by Crippen LogP contribution is 2.33. The summed E-state index contributed by atoms with van der Waals surface area (Å²) in [7, 11) is 0. The summed E-state index contributed by atoms with van der Waals surface area (Å²) < 4.78 is 5.21. The molecule has 1 N–H and O–H groups in total. The third kappa shape index (κ3) is 3.77. The molecule has 1 aliphatic rings. The Morgan fingerprint density at radius 2 is 2.36 bits per heavy atom. The largest absolute Gasteiger partial charge is 0.436 e. The van der Waals surface area contributed by atoms with Gasteiger partial charge in [-0.05, 0) is 38.0 Å². The minimum atomic E-state index is -0.373. The second kappa shape index (κ2) is 7.75. The Hall–Kier alpha value is -2.94. The lowest BCUT2D eigenvalue weighted by Gasteiger charge is -2.23. The molecule has 3 rings (SSSR count). The number of benzene rings is 1. The van der Waals surface area contributed by atoms with Gasteiger partial charge in [0.1, 0.15) is 0 Å². The molecule has 2 aromatic rings. The highest BCUT2D eigenvalue weighted by Gasteiger charge is 2.23. The van der Waals surface area contributed by atoms with E-state index in [0.29, 0.717) is 6.54 Å². The molecule has 0 radical (unpaired) electrons. The zero-order valence-corrected chi connectivity index (χ0v) is 14.6. The molecule has 0 aliphatic carbocycles. The van der Waals surface area contributed by atoms with Crippen molar-refractivity contribution < 1.29 is 9.53 Å². The first-order chi connectivity index (χ1) is 12.2. The number of H-pyrrole nitrogens is 1. The number of aromatic amines is 1. The lowest BCUT2D eigenvalue weighted by Crippen LogP contribution is -2.31. The van der Waals surface area contributed by atoms with Gasteiger partial charge in [0, 0.05) is 30.7 Å². The van der Waals surface area contributed by atoms with Gasteiger partial charge in [0.25, 0.3) is 0 Å². The first-order valence-corrected chi connectivity index (χ1v) is 8.42. The quantitative estimate of drug-likeness (QED) is 0.852. The number of carbonyl (C=O) groups is 1. The van der Waals surface area contributed by atoms with Crippen LogP contribution in [0.1, 0.15) is 25.1 Å². The molecule has 0 atom stereocenters. The normalized spacial score (nSPS) is 12.3. The van der Waals surface area contributed by atoms with Crippen molar-refractivity contribution in [3.05, 3.63) is 42.0 Å². The molecule has 2 heterocycles. The van der Waals surface area contributed by atoms with Crippen molar-refractivity contribution in [2.45, 2.75) is 26.8 Å². The molecule has 1 amide bonds. The molecule has 0 saturated carbocycles. The summed E-state index contributed by atoms with van der Waals surface area (Å²) in [6, 6.07) is 6.13. The number of amides is 1. The molecule has 6 nitrogen and oxygen atoms in total. The molecule has 0 bridgehead atoms. The van der Waals surface area contributed by atoms with Crippen molar-refractivity contribution in [2.24, 2.45) is 0 Å². The lowest BCUT2D eigenvalue weighted by molar-refractivity contribution is 0.168. The van der Waals surface area contributed by atoms with Gasteiger partial charge in [0.15, 0.2) is 6.61 Å². The van der Waals surface area contributed by atoms with E-state index in [-0.39, 0.29) is 12.7 Å². The molecule has 0 spiro atoms. The van der Waals surface area contributed by atoms with Crippen molar-refractivity contribution in [3.8, 4) is 11.8 Å². The summed E-state index contributed by atoms with van der Waals surface area (Å²) in [4.78, 5) is 23.5. The van der Waals surface area contributed by atoms with E-state index in [1.54, 1.807) is 18.2 Å². The number of anilines is 2. The fourth-order valence-electron chi connectivity index (χ4n) is 3.00. The molecule has 1 aromatic carbocycles. The lowest BCUT2D eigenvalue weighted by atomic mass is 10.1. The van der Waals surface area contributed by atoms with E-state index in [1.807, 2.05) is 19.2 Å². The van der Waals surface area contributed by atoms with Crippen LogP contribution < -0.4 is 9.80 Å². The predicted octanol–water partition coefficient (Wildman–Crippen LogP) is 2.96. The standard InChI is InChI=1S/C19H22N4O2/c1-3-5-10-25-19(24)23(4-2)17-7-6-15-8-9-22(18(15)11-17)13-16-12-20-14-21-16/h6-7,11-12,14H,4,8-10,13H2,1-2H3,(H,20,21). The molecular weight excluding hydrogens is 316 g/mol. The Morgan fingerprint density at radius 1 is 1.48 bits per heavy atom. The summed E-state index contributed by atoms with van der Waals surface area (Å²) in [5.74, 6) is 5.46. The van der Waals surface area contributed by atoms with Crippen molar-refractivity contribution >= 4 is 17.5 Å². The topological polar surface area (TPSA) is 61.5 Å². The van der Waals surface area contributed by atoms with Gasteiger partial charge in [0.05, 0.1) is 18.6 Å². The van der Waals surface area contributed by atoms with Crippen molar-refractivity contribution in [2.75, 3.05) is 29.5 Å². The number of imidazole rings is 1. The number of hydrogen-bond acceptors (Lipinski definition) is 4. The van der Waals surface area contributed by atoms with Gasteiger partial charge in [-0.15, -0.1) is 5.92 Å². The number of nitrogens with zero attached hydrogens (tertiary/aromatic N) is 3. The van der Waals surface area contributed by atoms with Gasteiger partial charge < -0.3 is 14.6 Å². The maximum atomic E-state index is 12.3. The summed E-state index contributed by atoms with van der Waals surface area (Å²) in [6.07, 6.45) is 4.23. The minimum Gasteiger partial charge on any atom is -0.436 e. The minimum absolute atomic E-state index is 0.113. The maximum Gasteiger partial charge on any atom is 0.415 e. The first-order valence-electron chi connectivity index (χ1n) is 8.42. The maximum absolute atomic E-state index is 12.3. The van der Waals surface area contributed by atoms with Gasteiger partial charge in [0.2, 0.25) is 0 Å². The van der Waals surface area contributed by atoms with Crippen LogP contribution in [0.2, 0.25) is 0 Å². The third-order valence-electron chi connectivity index (χ3n) is 4.26. The van der Waals surface area contributed by atoms with Gasteiger partial charge in [-0.25, -0.2) is 9.78 Å². The van der Waals surface area contributed by atoms with E-state index in [0.717, 1.165) is 36.6 Å². The second-order valence-electron chi connectivity index (χ2n) is 5.77. The fraction of sp³-hybridized carbons (Fsp3) is 0.368. The number of fused-ring (bicyclic) bond motifs is 1. The van der Waals surface area contributed by atoms with Crippen LogP contribution in [0.25, 0.3) is 0 Å².